The van der Waals surface area contributed by atoms with Crippen LogP contribution < -0.4 is 9.47 Å². The van der Waals surface area contributed by atoms with Crippen molar-refractivity contribution in [2.45, 2.75) is 48.1 Å². The largest absolute Gasteiger partial charge is 0.502 e. The Morgan fingerprint density at radius 3 is 1.85 bits per heavy atom. The van der Waals surface area contributed by atoms with Crippen molar-refractivity contribution in [1.29, 1.82) is 5.26 Å². The molecule has 6 nitrogen and oxygen atoms in total. The van der Waals surface area contributed by atoms with E-state index in [9.17, 15) is 5.11 Å². The van der Waals surface area contributed by atoms with Gasteiger partial charge in [0.05, 0.1) is 26.9 Å². The summed E-state index contributed by atoms with van der Waals surface area (Å²) in [4.78, 5) is 8.00. The topological polar surface area (TPSA) is 99.8 Å². The van der Waals surface area contributed by atoms with Crippen LogP contribution in [0.5, 0.6) is 17.2 Å². The molecule has 0 radical (unpaired) electrons. The lowest BCUT2D eigenvalue weighted by atomic mass is 10.1. The van der Waals surface area contributed by atoms with Crippen LogP contribution in [0.1, 0.15) is 51.3 Å². The highest BCUT2D eigenvalue weighted by Crippen LogP contribution is 2.37. The van der Waals surface area contributed by atoms with Gasteiger partial charge in [-0.05, 0) is 43.2 Å². The number of carbonyl (C=O) groups is 1. The van der Waals surface area contributed by atoms with Crippen molar-refractivity contribution in [3.8, 4) is 23.3 Å². The van der Waals surface area contributed by atoms with Gasteiger partial charge >= 0.3 is 0 Å². The number of aliphatic hydroxyl groups excluding tert-OH is 1. The maximum Gasteiger partial charge on any atom is 0.200 e. The molecule has 0 aliphatic rings. The molecule has 0 saturated carbocycles. The zero-order chi connectivity index (χ0) is 26.2. The molecule has 182 valence electrons. The van der Waals surface area contributed by atoms with E-state index in [1.165, 1.54) is 19.8 Å². The standard InChI is InChI=1S/C14H15NO3.C8H10O.2C2H6.CH2O/c1-10(9-15)5-4-6-11-7-12(17-2)14(16)13(8-11)18-3;1-7-2-4-8(6-9)5-3-7;3*1-2/h4-8,16H,1-3H3;2-5,9H,6H2,1H3;2*1-2H3;1H2/b6-4+,10-5-;;;;. The summed E-state index contributed by atoms with van der Waals surface area (Å²) in [5.41, 5.74) is 3.63. The second-order valence-corrected chi connectivity index (χ2v) is 5.74. The number of allylic oxidation sites excluding steroid dienone is 3. The van der Waals surface area contributed by atoms with Gasteiger partial charge in [-0.25, -0.2) is 0 Å². The van der Waals surface area contributed by atoms with Crippen molar-refractivity contribution in [3.63, 3.8) is 0 Å². The number of phenolic OH excluding ortho intramolecular Hbond substituents is 1. The fourth-order valence-electron chi connectivity index (χ4n) is 2.04. The molecule has 0 aliphatic carbocycles. The van der Waals surface area contributed by atoms with Crippen molar-refractivity contribution in [3.05, 3.63) is 70.8 Å². The van der Waals surface area contributed by atoms with Gasteiger partial charge in [0.15, 0.2) is 11.5 Å². The Hall–Kier alpha value is -3.56. The highest BCUT2D eigenvalue weighted by atomic mass is 16.5. The number of nitrogens with zero attached hydrogens (tertiary/aromatic N) is 1. The number of carbonyl (C=O) groups excluding carboxylic acids is 1. The monoisotopic (exact) mass is 457 g/mol. The Balaban J connectivity index is -0.000000502. The molecular formula is C27H39NO5. The molecule has 2 rings (SSSR count). The molecule has 0 saturated heterocycles. The fraction of sp³-hybridized carbons (Fsp3) is 0.333. The van der Waals surface area contributed by atoms with Gasteiger partial charge < -0.3 is 24.5 Å². The zero-order valence-corrected chi connectivity index (χ0v) is 21.2. The van der Waals surface area contributed by atoms with Crippen LogP contribution in [0.15, 0.2) is 54.1 Å². The van der Waals surface area contributed by atoms with E-state index in [-0.39, 0.29) is 12.4 Å². The zero-order valence-electron chi connectivity index (χ0n) is 21.2. The predicted octanol–water partition coefficient (Wildman–Crippen LogP) is 6.25. The first-order chi connectivity index (χ1) is 15.9. The minimum absolute atomic E-state index is 0.0269. The number of aromatic hydroxyl groups is 1. The van der Waals surface area contributed by atoms with E-state index in [1.54, 1.807) is 37.3 Å². The number of nitriles is 1. The normalized spacial score (nSPS) is 9.27. The molecule has 2 N–H and O–H groups in total. The first-order valence-electron chi connectivity index (χ1n) is 10.6. The summed E-state index contributed by atoms with van der Waals surface area (Å²) >= 11 is 0. The number of methoxy groups -OCH3 is 2. The van der Waals surface area contributed by atoms with Crippen LogP contribution in [0.3, 0.4) is 0 Å². The van der Waals surface area contributed by atoms with Crippen LogP contribution in [-0.2, 0) is 11.4 Å². The Morgan fingerprint density at radius 2 is 1.48 bits per heavy atom. The van der Waals surface area contributed by atoms with Crippen LogP contribution in [0.2, 0.25) is 0 Å². The third kappa shape index (κ3) is 15.0. The Labute approximate surface area is 199 Å². The fourth-order valence-corrected chi connectivity index (χ4v) is 2.04. The Bertz CT molecular complexity index is 825. The molecule has 6 heteroatoms. The number of hydrogen-bond donors (Lipinski definition) is 2. The first kappa shape index (κ1) is 34.1. The summed E-state index contributed by atoms with van der Waals surface area (Å²) in [6.07, 6.45) is 5.25. The number of rotatable bonds is 5. The third-order valence-corrected chi connectivity index (χ3v) is 3.62. The minimum Gasteiger partial charge on any atom is -0.502 e. The maximum absolute atomic E-state index is 9.74. The summed E-state index contributed by atoms with van der Waals surface area (Å²) in [5, 5.41) is 27.0. The molecule has 0 heterocycles. The van der Waals surface area contributed by atoms with Crippen LogP contribution in [0.4, 0.5) is 0 Å². The number of ether oxygens (including phenoxy) is 2. The SMILES string of the molecule is C=O.CC.CC.COc1cc(/C=C/C=C(/C)C#N)cc(OC)c1O.Cc1ccc(CO)cc1. The van der Waals surface area contributed by atoms with Gasteiger partial charge in [-0.3, -0.25) is 0 Å². The second kappa shape index (κ2) is 23.1. The number of aliphatic hydroxyl groups is 1. The highest BCUT2D eigenvalue weighted by Gasteiger charge is 2.09. The van der Waals surface area contributed by atoms with E-state index in [4.69, 9.17) is 24.6 Å². The summed E-state index contributed by atoms with van der Waals surface area (Å²) in [5.74, 6) is 0.658. The van der Waals surface area contributed by atoms with E-state index < -0.39 is 0 Å². The van der Waals surface area contributed by atoms with Crippen molar-refractivity contribution in [2.75, 3.05) is 14.2 Å². The molecule has 0 atom stereocenters. The van der Waals surface area contributed by atoms with Gasteiger partial charge in [-0.2, -0.15) is 5.26 Å². The van der Waals surface area contributed by atoms with Crippen molar-refractivity contribution >= 4 is 12.9 Å². The van der Waals surface area contributed by atoms with Gasteiger partial charge in [0, 0.05) is 5.57 Å². The highest BCUT2D eigenvalue weighted by molar-refractivity contribution is 5.62. The minimum atomic E-state index is -0.0269. The average molecular weight is 458 g/mol. The van der Waals surface area contributed by atoms with E-state index in [0.717, 1.165) is 11.1 Å². The van der Waals surface area contributed by atoms with E-state index in [1.807, 2.05) is 71.7 Å². The van der Waals surface area contributed by atoms with E-state index in [0.29, 0.717) is 17.1 Å². The van der Waals surface area contributed by atoms with E-state index >= 15 is 0 Å². The van der Waals surface area contributed by atoms with Crippen LogP contribution in [-0.4, -0.2) is 31.2 Å². The van der Waals surface area contributed by atoms with Crippen LogP contribution >= 0.6 is 0 Å². The van der Waals surface area contributed by atoms with Crippen molar-refractivity contribution < 1.29 is 24.5 Å². The van der Waals surface area contributed by atoms with Gasteiger partial charge in [0.25, 0.3) is 0 Å². The average Bonchev–Trinajstić information content (AvgIpc) is 2.89. The molecule has 0 spiro atoms. The van der Waals surface area contributed by atoms with Gasteiger partial charge in [-0.1, -0.05) is 69.7 Å². The van der Waals surface area contributed by atoms with Crippen LogP contribution in [0.25, 0.3) is 6.08 Å². The first-order valence-corrected chi connectivity index (χ1v) is 10.6. The van der Waals surface area contributed by atoms with Gasteiger partial charge in [-0.15, -0.1) is 0 Å². The molecule has 0 unspecified atom stereocenters. The molecule has 2 aromatic rings. The molecular weight excluding hydrogens is 418 g/mol. The number of hydrogen-bond acceptors (Lipinski definition) is 6. The number of aryl methyl sites for hydroxylation is 1. The molecule has 0 aromatic heterocycles. The predicted molar refractivity (Wildman–Crippen MR) is 137 cm³/mol. The molecule has 0 fully saturated rings. The Kier molecular flexibility index (Phi) is 23.9. The summed E-state index contributed by atoms with van der Waals surface area (Å²) in [7, 11) is 2.95. The van der Waals surface area contributed by atoms with Gasteiger partial charge in [0.2, 0.25) is 5.75 Å². The molecule has 0 bridgehead atoms. The van der Waals surface area contributed by atoms with Crippen molar-refractivity contribution in [2.24, 2.45) is 0 Å². The second-order valence-electron chi connectivity index (χ2n) is 5.74. The lowest BCUT2D eigenvalue weighted by molar-refractivity contribution is -0.0980. The van der Waals surface area contributed by atoms with Crippen molar-refractivity contribution in [1.82, 2.24) is 0 Å². The van der Waals surface area contributed by atoms with E-state index in [2.05, 4.69) is 0 Å². The quantitative estimate of drug-likeness (QED) is 0.407. The lowest BCUT2D eigenvalue weighted by Gasteiger charge is -2.09. The molecule has 0 aliphatic heterocycles. The smallest absolute Gasteiger partial charge is 0.200 e. The maximum atomic E-state index is 9.74. The summed E-state index contributed by atoms with van der Waals surface area (Å²) in [6, 6.07) is 13.2. The lowest BCUT2D eigenvalue weighted by Crippen LogP contribution is -1.90. The van der Waals surface area contributed by atoms with Gasteiger partial charge in [0.1, 0.15) is 6.79 Å². The third-order valence-electron chi connectivity index (χ3n) is 3.62. The molecule has 0 amide bonds. The molecule has 33 heavy (non-hydrogen) atoms. The Morgan fingerprint density at radius 1 is 1.03 bits per heavy atom. The number of benzene rings is 2. The number of phenols is 1. The summed E-state index contributed by atoms with van der Waals surface area (Å²) < 4.78 is 10.1. The molecule has 2 aromatic carbocycles. The van der Waals surface area contributed by atoms with Crippen LogP contribution in [0, 0.1) is 18.3 Å². The summed E-state index contributed by atoms with van der Waals surface area (Å²) in [6.45, 7) is 13.9.